The van der Waals surface area contributed by atoms with Crippen LogP contribution in [0.15, 0.2) is 24.3 Å². The molecule has 0 amide bonds. The van der Waals surface area contributed by atoms with Crippen molar-refractivity contribution in [3.8, 4) is 5.75 Å². The number of para-hydroxylation sites is 1. The van der Waals surface area contributed by atoms with Gasteiger partial charge in [0.15, 0.2) is 0 Å². The number of aliphatic hydroxyl groups is 1. The van der Waals surface area contributed by atoms with Crippen molar-refractivity contribution in [1.29, 1.82) is 0 Å². The van der Waals surface area contributed by atoms with Crippen molar-refractivity contribution in [2.24, 2.45) is 0 Å². The summed E-state index contributed by atoms with van der Waals surface area (Å²) in [4.78, 5) is 0. The van der Waals surface area contributed by atoms with Gasteiger partial charge in [-0.15, -0.1) is 0 Å². The quantitative estimate of drug-likeness (QED) is 0.830. The Bertz CT molecular complexity index is 359. The molecule has 0 atom stereocenters. The van der Waals surface area contributed by atoms with Crippen LogP contribution in [0, 0.1) is 0 Å². The van der Waals surface area contributed by atoms with Crippen LogP contribution in [-0.4, -0.2) is 17.3 Å². The van der Waals surface area contributed by atoms with Gasteiger partial charge in [-0.1, -0.05) is 39.0 Å². The Kier molecular flexibility index (Phi) is 2.94. The van der Waals surface area contributed by atoms with Gasteiger partial charge in [-0.3, -0.25) is 0 Å². The molecular weight excluding hydrogens is 200 g/mol. The fourth-order valence-electron chi connectivity index (χ4n) is 2.00. The van der Waals surface area contributed by atoms with Crippen molar-refractivity contribution in [2.75, 3.05) is 0 Å². The molecule has 0 bridgehead atoms. The van der Waals surface area contributed by atoms with E-state index in [0.29, 0.717) is 0 Å². The lowest BCUT2D eigenvalue weighted by Gasteiger charge is -2.33. The molecule has 1 aliphatic rings. The Balaban J connectivity index is 2.14. The summed E-state index contributed by atoms with van der Waals surface area (Å²) in [5, 5.41) is 9.25. The van der Waals surface area contributed by atoms with E-state index in [1.165, 1.54) is 5.56 Å². The highest BCUT2D eigenvalue weighted by molar-refractivity contribution is 5.38. The molecule has 2 rings (SSSR count). The van der Waals surface area contributed by atoms with Gasteiger partial charge in [0.05, 0.1) is 6.10 Å². The average molecular weight is 220 g/mol. The molecule has 1 aromatic rings. The van der Waals surface area contributed by atoms with Gasteiger partial charge in [0.2, 0.25) is 0 Å². The molecule has 88 valence electrons. The van der Waals surface area contributed by atoms with Gasteiger partial charge in [0, 0.05) is 12.8 Å². The molecule has 2 nitrogen and oxygen atoms in total. The van der Waals surface area contributed by atoms with Crippen molar-refractivity contribution in [3.05, 3.63) is 29.8 Å². The first kappa shape index (κ1) is 11.5. The number of rotatable bonds is 2. The standard InChI is InChI=1S/C14H20O2/c1-14(2,3)12-6-4-5-7-13(12)16-11-8-10(15)9-11/h4-7,10-11,15H,8-9H2,1-3H3/t10-,11+. The fourth-order valence-corrected chi connectivity index (χ4v) is 2.00. The van der Waals surface area contributed by atoms with E-state index in [4.69, 9.17) is 4.74 Å². The van der Waals surface area contributed by atoms with Crippen LogP contribution in [0.5, 0.6) is 5.75 Å². The minimum absolute atomic E-state index is 0.0962. The predicted molar refractivity (Wildman–Crippen MR) is 64.8 cm³/mol. The SMILES string of the molecule is CC(C)(C)c1ccccc1O[C@H]1C[C@@H](O)C1. The van der Waals surface area contributed by atoms with Crippen molar-refractivity contribution < 1.29 is 9.84 Å². The second kappa shape index (κ2) is 4.10. The van der Waals surface area contributed by atoms with E-state index in [2.05, 4.69) is 26.8 Å². The van der Waals surface area contributed by atoms with Crippen molar-refractivity contribution in [2.45, 2.75) is 51.2 Å². The molecular formula is C14H20O2. The maximum Gasteiger partial charge on any atom is 0.123 e. The largest absolute Gasteiger partial charge is 0.490 e. The van der Waals surface area contributed by atoms with Gasteiger partial charge in [-0.25, -0.2) is 0 Å². The summed E-state index contributed by atoms with van der Waals surface area (Å²) in [5.41, 5.74) is 1.33. The second-order valence-electron chi connectivity index (χ2n) is 5.61. The van der Waals surface area contributed by atoms with Gasteiger partial charge >= 0.3 is 0 Å². The third-order valence-corrected chi connectivity index (χ3v) is 3.06. The van der Waals surface area contributed by atoms with Crippen LogP contribution >= 0.6 is 0 Å². The summed E-state index contributed by atoms with van der Waals surface area (Å²) in [7, 11) is 0. The average Bonchev–Trinajstić information content (AvgIpc) is 2.14. The molecule has 0 spiro atoms. The second-order valence-corrected chi connectivity index (χ2v) is 5.61. The molecule has 1 N–H and O–H groups in total. The summed E-state index contributed by atoms with van der Waals surface area (Å²) in [6.45, 7) is 6.56. The monoisotopic (exact) mass is 220 g/mol. The lowest BCUT2D eigenvalue weighted by molar-refractivity contribution is -0.0115. The smallest absolute Gasteiger partial charge is 0.123 e. The van der Waals surface area contributed by atoms with Gasteiger partial charge < -0.3 is 9.84 Å². The molecule has 16 heavy (non-hydrogen) atoms. The summed E-state index contributed by atoms with van der Waals surface area (Å²) in [6, 6.07) is 8.18. The molecule has 0 radical (unpaired) electrons. The molecule has 1 aliphatic carbocycles. The summed E-state index contributed by atoms with van der Waals surface area (Å²) >= 11 is 0. The Morgan fingerprint density at radius 1 is 1.19 bits per heavy atom. The molecule has 0 aromatic heterocycles. The molecule has 1 saturated carbocycles. The Morgan fingerprint density at radius 2 is 1.81 bits per heavy atom. The van der Waals surface area contributed by atoms with Gasteiger partial charge in [0.1, 0.15) is 11.9 Å². The Hall–Kier alpha value is -1.02. The van der Waals surface area contributed by atoms with E-state index in [1.807, 2.05) is 18.2 Å². The van der Waals surface area contributed by atoms with Crippen LogP contribution < -0.4 is 4.74 Å². The van der Waals surface area contributed by atoms with Crippen LogP contribution in [0.3, 0.4) is 0 Å². The van der Waals surface area contributed by atoms with E-state index < -0.39 is 0 Å². The molecule has 1 fully saturated rings. The highest BCUT2D eigenvalue weighted by Gasteiger charge is 2.30. The minimum Gasteiger partial charge on any atom is -0.490 e. The summed E-state index contributed by atoms with van der Waals surface area (Å²) < 4.78 is 5.92. The number of hydrogen-bond donors (Lipinski definition) is 1. The maximum absolute atomic E-state index is 9.25. The van der Waals surface area contributed by atoms with E-state index >= 15 is 0 Å². The van der Waals surface area contributed by atoms with Crippen LogP contribution in [-0.2, 0) is 5.41 Å². The van der Waals surface area contributed by atoms with E-state index in [-0.39, 0.29) is 17.6 Å². The first-order valence-corrected chi connectivity index (χ1v) is 5.91. The highest BCUT2D eigenvalue weighted by atomic mass is 16.5. The topological polar surface area (TPSA) is 29.5 Å². The van der Waals surface area contributed by atoms with E-state index in [1.54, 1.807) is 0 Å². The Labute approximate surface area is 97.3 Å². The van der Waals surface area contributed by atoms with Crippen LogP contribution in [0.4, 0.5) is 0 Å². The zero-order valence-corrected chi connectivity index (χ0v) is 10.2. The van der Waals surface area contributed by atoms with Crippen molar-refractivity contribution in [3.63, 3.8) is 0 Å². The zero-order valence-electron chi connectivity index (χ0n) is 10.2. The third-order valence-electron chi connectivity index (χ3n) is 3.06. The van der Waals surface area contributed by atoms with Crippen molar-refractivity contribution in [1.82, 2.24) is 0 Å². The summed E-state index contributed by atoms with van der Waals surface area (Å²) in [6.07, 6.45) is 1.56. The molecule has 0 unspecified atom stereocenters. The van der Waals surface area contributed by atoms with E-state index in [0.717, 1.165) is 18.6 Å². The zero-order chi connectivity index (χ0) is 11.8. The summed E-state index contributed by atoms with van der Waals surface area (Å²) in [5.74, 6) is 0.965. The number of benzene rings is 1. The van der Waals surface area contributed by atoms with Crippen LogP contribution in [0.1, 0.15) is 39.2 Å². The van der Waals surface area contributed by atoms with Gasteiger partial charge in [-0.05, 0) is 17.0 Å². The number of hydrogen-bond acceptors (Lipinski definition) is 2. The highest BCUT2D eigenvalue weighted by Crippen LogP contribution is 2.34. The van der Waals surface area contributed by atoms with E-state index in [9.17, 15) is 5.11 Å². The maximum atomic E-state index is 9.25. The van der Waals surface area contributed by atoms with Gasteiger partial charge in [-0.2, -0.15) is 0 Å². The fraction of sp³-hybridized carbons (Fsp3) is 0.571. The van der Waals surface area contributed by atoms with Crippen LogP contribution in [0.25, 0.3) is 0 Å². The molecule has 2 heteroatoms. The number of ether oxygens (including phenoxy) is 1. The lowest BCUT2D eigenvalue weighted by atomic mass is 9.86. The molecule has 0 aliphatic heterocycles. The molecule has 1 aromatic carbocycles. The predicted octanol–water partition coefficient (Wildman–Crippen LogP) is 2.89. The first-order chi connectivity index (χ1) is 7.47. The van der Waals surface area contributed by atoms with Crippen molar-refractivity contribution >= 4 is 0 Å². The normalized spacial score (nSPS) is 25.0. The number of aliphatic hydroxyl groups excluding tert-OH is 1. The Morgan fingerprint density at radius 3 is 2.38 bits per heavy atom. The first-order valence-electron chi connectivity index (χ1n) is 5.91. The van der Waals surface area contributed by atoms with Crippen LogP contribution in [0.2, 0.25) is 0 Å². The minimum atomic E-state index is -0.160. The third kappa shape index (κ3) is 2.38. The molecule has 0 heterocycles. The molecule has 0 saturated heterocycles. The van der Waals surface area contributed by atoms with Gasteiger partial charge in [0.25, 0.3) is 0 Å². The lowest BCUT2D eigenvalue weighted by Crippen LogP contribution is -2.37.